The fourth-order valence-corrected chi connectivity index (χ4v) is 1.47. The van der Waals surface area contributed by atoms with E-state index in [-0.39, 0.29) is 0 Å². The van der Waals surface area contributed by atoms with E-state index in [2.05, 4.69) is 21.0 Å². The third kappa shape index (κ3) is 1.93. The minimum absolute atomic E-state index is 0.303. The molecule has 4 nitrogen and oxygen atoms in total. The summed E-state index contributed by atoms with van der Waals surface area (Å²) in [5.41, 5.74) is 9.48. The molecule has 0 fully saturated rings. The second-order valence-electron chi connectivity index (χ2n) is 3.48. The first kappa shape index (κ1) is 9.58. The number of nitrogens with two attached hydrogens (primary N) is 1. The van der Waals surface area contributed by atoms with Crippen LogP contribution in [-0.2, 0) is 0 Å². The summed E-state index contributed by atoms with van der Waals surface area (Å²) in [5.74, 6) is 0.303. The minimum Gasteiger partial charge on any atom is -0.368 e. The zero-order valence-electron chi connectivity index (χ0n) is 8.73. The molecule has 0 aliphatic heterocycles. The number of hydrogen-bond donors (Lipinski definition) is 1. The number of anilines is 1. The summed E-state index contributed by atoms with van der Waals surface area (Å²) in [6, 6.07) is 2.05. The molecular formula is C11H12N4. The fourth-order valence-electron chi connectivity index (χ4n) is 1.47. The van der Waals surface area contributed by atoms with Crippen molar-refractivity contribution in [3.05, 3.63) is 35.9 Å². The summed E-state index contributed by atoms with van der Waals surface area (Å²) < 4.78 is 0. The first-order valence-electron chi connectivity index (χ1n) is 4.68. The maximum atomic E-state index is 5.50. The van der Waals surface area contributed by atoms with Crippen LogP contribution >= 0.6 is 0 Å². The van der Waals surface area contributed by atoms with Crippen LogP contribution in [0.3, 0.4) is 0 Å². The van der Waals surface area contributed by atoms with Crippen molar-refractivity contribution in [1.82, 2.24) is 15.0 Å². The van der Waals surface area contributed by atoms with E-state index in [9.17, 15) is 0 Å². The molecule has 0 aromatic carbocycles. The van der Waals surface area contributed by atoms with Crippen molar-refractivity contribution in [2.24, 2.45) is 0 Å². The Morgan fingerprint density at radius 3 is 2.60 bits per heavy atom. The average molecular weight is 200 g/mol. The van der Waals surface area contributed by atoms with E-state index in [1.807, 2.05) is 20.0 Å². The lowest BCUT2D eigenvalue weighted by atomic mass is 10.1. The Labute approximate surface area is 88.2 Å². The SMILES string of the molecule is Cc1cncc(-c2cnc(N)nc2C)c1. The second-order valence-corrected chi connectivity index (χ2v) is 3.48. The number of nitrogen functional groups attached to an aromatic ring is 1. The van der Waals surface area contributed by atoms with Crippen LogP contribution in [0.2, 0.25) is 0 Å². The molecule has 0 unspecified atom stereocenters. The smallest absolute Gasteiger partial charge is 0.220 e. The highest BCUT2D eigenvalue weighted by Crippen LogP contribution is 2.21. The molecular weight excluding hydrogens is 188 g/mol. The lowest BCUT2D eigenvalue weighted by Crippen LogP contribution is -1.98. The highest BCUT2D eigenvalue weighted by molar-refractivity contribution is 5.64. The number of aryl methyl sites for hydroxylation is 2. The van der Waals surface area contributed by atoms with E-state index in [1.165, 1.54) is 0 Å². The molecule has 0 saturated carbocycles. The van der Waals surface area contributed by atoms with E-state index in [1.54, 1.807) is 12.4 Å². The van der Waals surface area contributed by atoms with Gasteiger partial charge in [0.2, 0.25) is 5.95 Å². The van der Waals surface area contributed by atoms with E-state index < -0.39 is 0 Å². The lowest BCUT2D eigenvalue weighted by molar-refractivity contribution is 1.12. The lowest BCUT2D eigenvalue weighted by Gasteiger charge is -2.05. The van der Waals surface area contributed by atoms with Crippen LogP contribution < -0.4 is 5.73 Å². The van der Waals surface area contributed by atoms with Crippen LogP contribution in [0, 0.1) is 13.8 Å². The molecule has 0 spiro atoms. The van der Waals surface area contributed by atoms with Gasteiger partial charge in [0.15, 0.2) is 0 Å². The van der Waals surface area contributed by atoms with Crippen LogP contribution in [0.5, 0.6) is 0 Å². The van der Waals surface area contributed by atoms with E-state index in [4.69, 9.17) is 5.73 Å². The molecule has 76 valence electrons. The Bertz CT molecular complexity index is 494. The molecule has 0 aliphatic rings. The van der Waals surface area contributed by atoms with Gasteiger partial charge in [0.1, 0.15) is 0 Å². The number of rotatable bonds is 1. The standard InChI is InChI=1S/C11H12N4/c1-7-3-9(5-13-4-7)10-6-14-11(12)15-8(10)2/h3-6H,1-2H3,(H2,12,14,15). The van der Waals surface area contributed by atoms with Crippen molar-refractivity contribution in [3.8, 4) is 11.1 Å². The molecule has 0 saturated heterocycles. The minimum atomic E-state index is 0.303. The van der Waals surface area contributed by atoms with Crippen LogP contribution in [0.15, 0.2) is 24.7 Å². The van der Waals surface area contributed by atoms with Gasteiger partial charge in [0, 0.05) is 29.7 Å². The van der Waals surface area contributed by atoms with Crippen molar-refractivity contribution >= 4 is 5.95 Å². The first-order valence-corrected chi connectivity index (χ1v) is 4.68. The maximum Gasteiger partial charge on any atom is 0.220 e. The number of hydrogen-bond acceptors (Lipinski definition) is 4. The normalized spacial score (nSPS) is 10.3. The molecule has 0 amide bonds. The quantitative estimate of drug-likeness (QED) is 0.761. The van der Waals surface area contributed by atoms with Crippen LogP contribution in [0.25, 0.3) is 11.1 Å². The van der Waals surface area contributed by atoms with E-state index in [0.29, 0.717) is 5.95 Å². The van der Waals surface area contributed by atoms with Gasteiger partial charge in [-0.1, -0.05) is 0 Å². The molecule has 2 N–H and O–H groups in total. The molecule has 2 aromatic rings. The molecule has 0 radical (unpaired) electrons. The number of pyridine rings is 1. The predicted octanol–water partition coefficient (Wildman–Crippen LogP) is 1.74. The zero-order chi connectivity index (χ0) is 10.8. The molecule has 0 atom stereocenters. The van der Waals surface area contributed by atoms with Gasteiger partial charge in [-0.25, -0.2) is 9.97 Å². The van der Waals surface area contributed by atoms with Crippen molar-refractivity contribution in [1.29, 1.82) is 0 Å². The van der Waals surface area contributed by atoms with Gasteiger partial charge < -0.3 is 5.73 Å². The summed E-state index contributed by atoms with van der Waals surface area (Å²) in [4.78, 5) is 12.2. The average Bonchev–Trinajstić information content (AvgIpc) is 2.17. The third-order valence-corrected chi connectivity index (χ3v) is 2.18. The Hall–Kier alpha value is -1.97. The van der Waals surface area contributed by atoms with Crippen molar-refractivity contribution in [2.45, 2.75) is 13.8 Å². The van der Waals surface area contributed by atoms with Crippen LogP contribution in [0.4, 0.5) is 5.95 Å². The van der Waals surface area contributed by atoms with Gasteiger partial charge in [-0.3, -0.25) is 4.98 Å². The Balaban J connectivity index is 2.54. The highest BCUT2D eigenvalue weighted by Gasteiger charge is 2.04. The molecule has 2 heterocycles. The summed E-state index contributed by atoms with van der Waals surface area (Å²) >= 11 is 0. The zero-order valence-corrected chi connectivity index (χ0v) is 8.73. The molecule has 0 bridgehead atoms. The third-order valence-electron chi connectivity index (χ3n) is 2.18. The molecule has 0 aliphatic carbocycles. The fraction of sp³-hybridized carbons (Fsp3) is 0.182. The predicted molar refractivity (Wildman–Crippen MR) is 59.1 cm³/mol. The Kier molecular flexibility index (Phi) is 2.33. The summed E-state index contributed by atoms with van der Waals surface area (Å²) in [7, 11) is 0. The first-order chi connectivity index (χ1) is 7.16. The highest BCUT2D eigenvalue weighted by atomic mass is 15.0. The molecule has 4 heteroatoms. The summed E-state index contributed by atoms with van der Waals surface area (Å²) in [6.45, 7) is 3.92. The van der Waals surface area contributed by atoms with Crippen molar-refractivity contribution < 1.29 is 0 Å². The molecule has 2 aromatic heterocycles. The Morgan fingerprint density at radius 1 is 1.13 bits per heavy atom. The summed E-state index contributed by atoms with van der Waals surface area (Å²) in [6.07, 6.45) is 5.35. The van der Waals surface area contributed by atoms with Gasteiger partial charge in [-0.15, -0.1) is 0 Å². The van der Waals surface area contributed by atoms with E-state index >= 15 is 0 Å². The van der Waals surface area contributed by atoms with Crippen LogP contribution in [0.1, 0.15) is 11.3 Å². The number of aromatic nitrogens is 3. The summed E-state index contributed by atoms with van der Waals surface area (Å²) in [5, 5.41) is 0. The monoisotopic (exact) mass is 200 g/mol. The largest absolute Gasteiger partial charge is 0.368 e. The Morgan fingerprint density at radius 2 is 1.93 bits per heavy atom. The van der Waals surface area contributed by atoms with Crippen molar-refractivity contribution in [3.63, 3.8) is 0 Å². The topological polar surface area (TPSA) is 64.7 Å². The van der Waals surface area contributed by atoms with Gasteiger partial charge in [-0.2, -0.15) is 0 Å². The molecule has 15 heavy (non-hydrogen) atoms. The van der Waals surface area contributed by atoms with Crippen molar-refractivity contribution in [2.75, 3.05) is 5.73 Å². The van der Waals surface area contributed by atoms with Gasteiger partial charge in [0.05, 0.1) is 5.69 Å². The van der Waals surface area contributed by atoms with Gasteiger partial charge in [-0.05, 0) is 25.5 Å². The van der Waals surface area contributed by atoms with Crippen LogP contribution in [-0.4, -0.2) is 15.0 Å². The van der Waals surface area contributed by atoms with E-state index in [0.717, 1.165) is 22.4 Å². The van der Waals surface area contributed by atoms with Gasteiger partial charge in [0.25, 0.3) is 0 Å². The molecule has 2 rings (SSSR count). The maximum absolute atomic E-state index is 5.50. The number of nitrogens with zero attached hydrogens (tertiary/aromatic N) is 3. The second kappa shape index (κ2) is 3.65. The van der Waals surface area contributed by atoms with Gasteiger partial charge >= 0.3 is 0 Å².